The fraction of sp³-hybridized carbons (Fsp3) is 0.300. The smallest absolute Gasteiger partial charge is 0.237 e. The van der Waals surface area contributed by atoms with Crippen LogP contribution in [0.5, 0.6) is 0 Å². The van der Waals surface area contributed by atoms with Crippen molar-refractivity contribution in [1.82, 2.24) is 0 Å². The second-order valence-corrected chi connectivity index (χ2v) is 6.79. The van der Waals surface area contributed by atoms with E-state index in [0.717, 1.165) is 42.0 Å². The quantitative estimate of drug-likeness (QED) is 0.630. The number of hydrogen-bond acceptors (Lipinski definition) is 3. The van der Waals surface area contributed by atoms with Crippen LogP contribution in [0, 0.1) is 11.8 Å². The lowest BCUT2D eigenvalue weighted by Crippen LogP contribution is -2.30. The molecule has 4 nitrogen and oxygen atoms in total. The highest BCUT2D eigenvalue weighted by Crippen LogP contribution is 2.41. The number of para-hydroxylation sites is 1. The molecule has 2 fully saturated rings. The molecule has 0 bridgehead atoms. The van der Waals surface area contributed by atoms with Gasteiger partial charge in [0.15, 0.2) is 0 Å². The number of carbonyl (C=O) groups excluding carboxylic acids is 2. The van der Waals surface area contributed by atoms with E-state index in [9.17, 15) is 9.59 Å². The molecule has 1 saturated heterocycles. The molecule has 1 saturated carbocycles. The molecular weight excluding hydrogens is 302 g/mol. The van der Waals surface area contributed by atoms with E-state index < -0.39 is 0 Å². The van der Waals surface area contributed by atoms with Crippen molar-refractivity contribution in [3.8, 4) is 0 Å². The molecule has 5 rings (SSSR count). The molecule has 1 aliphatic heterocycles. The van der Waals surface area contributed by atoms with Gasteiger partial charge in [-0.3, -0.25) is 9.59 Å². The average molecular weight is 319 g/mol. The van der Waals surface area contributed by atoms with E-state index in [2.05, 4.69) is 0 Å². The Hall–Kier alpha value is -2.62. The van der Waals surface area contributed by atoms with Gasteiger partial charge in [0, 0.05) is 16.8 Å². The first kappa shape index (κ1) is 13.8. The van der Waals surface area contributed by atoms with Crippen LogP contribution in [-0.4, -0.2) is 11.8 Å². The number of hydrogen-bond donors (Lipinski definition) is 0. The van der Waals surface area contributed by atoms with Gasteiger partial charge in [-0.15, -0.1) is 0 Å². The Kier molecular flexibility index (Phi) is 2.84. The number of imide groups is 1. The first-order valence-electron chi connectivity index (χ1n) is 8.53. The zero-order valence-electron chi connectivity index (χ0n) is 13.2. The molecule has 0 N–H and O–H groups in total. The van der Waals surface area contributed by atoms with Gasteiger partial charge in [0.25, 0.3) is 0 Å². The molecule has 1 aliphatic carbocycles. The minimum absolute atomic E-state index is 0.0415. The van der Waals surface area contributed by atoms with Crippen molar-refractivity contribution in [3.63, 3.8) is 0 Å². The summed E-state index contributed by atoms with van der Waals surface area (Å²) < 4.78 is 5.89. The van der Waals surface area contributed by atoms with Crippen molar-refractivity contribution in [2.75, 3.05) is 4.90 Å². The van der Waals surface area contributed by atoms with Crippen molar-refractivity contribution in [3.05, 3.63) is 42.5 Å². The summed E-state index contributed by atoms with van der Waals surface area (Å²) >= 11 is 0. The van der Waals surface area contributed by atoms with Crippen LogP contribution in [0.1, 0.15) is 25.7 Å². The van der Waals surface area contributed by atoms with Crippen molar-refractivity contribution in [2.24, 2.45) is 11.8 Å². The Morgan fingerprint density at radius 2 is 1.50 bits per heavy atom. The van der Waals surface area contributed by atoms with Crippen molar-refractivity contribution in [1.29, 1.82) is 0 Å². The minimum Gasteiger partial charge on any atom is -0.456 e. The van der Waals surface area contributed by atoms with E-state index in [1.807, 2.05) is 42.5 Å². The van der Waals surface area contributed by atoms with E-state index >= 15 is 0 Å². The number of anilines is 1. The molecule has 4 heteroatoms. The third-order valence-corrected chi connectivity index (χ3v) is 5.46. The molecule has 2 atom stereocenters. The Morgan fingerprint density at radius 3 is 2.25 bits per heavy atom. The Bertz CT molecular complexity index is 963. The van der Waals surface area contributed by atoms with Crippen LogP contribution < -0.4 is 4.90 Å². The Balaban J connectivity index is 1.62. The van der Waals surface area contributed by atoms with E-state index in [1.54, 1.807) is 0 Å². The largest absolute Gasteiger partial charge is 0.456 e. The zero-order chi connectivity index (χ0) is 16.3. The molecule has 24 heavy (non-hydrogen) atoms. The van der Waals surface area contributed by atoms with E-state index in [-0.39, 0.29) is 23.7 Å². The summed E-state index contributed by atoms with van der Waals surface area (Å²) in [5.74, 6) is -0.337. The minimum atomic E-state index is -0.127. The summed E-state index contributed by atoms with van der Waals surface area (Å²) in [5.41, 5.74) is 2.16. The predicted octanol–water partition coefficient (Wildman–Crippen LogP) is 4.27. The zero-order valence-corrected chi connectivity index (χ0v) is 13.2. The SMILES string of the molecule is O=C1[C@@H]2CCCC[C@H]2C(=O)N1c1ccc2c(c1)oc1ccccc12. The number of amides is 2. The van der Waals surface area contributed by atoms with Crippen molar-refractivity contribution < 1.29 is 14.0 Å². The third kappa shape index (κ3) is 1.80. The van der Waals surface area contributed by atoms with Gasteiger partial charge in [-0.05, 0) is 31.0 Å². The predicted molar refractivity (Wildman–Crippen MR) is 91.7 cm³/mol. The normalized spacial score (nSPS) is 24.1. The lowest BCUT2D eigenvalue weighted by molar-refractivity contribution is -0.122. The van der Waals surface area contributed by atoms with Gasteiger partial charge in [0.2, 0.25) is 11.8 Å². The standard InChI is InChI=1S/C20H17NO3/c22-19-15-6-1-2-7-16(15)20(23)21(19)12-9-10-14-13-5-3-4-8-17(13)24-18(14)11-12/h3-5,8-11,15-16H,1-2,6-7H2/t15-,16-/m1/s1. The number of carbonyl (C=O) groups is 2. The molecule has 2 aliphatic rings. The first-order chi connectivity index (χ1) is 11.7. The summed E-state index contributed by atoms with van der Waals surface area (Å²) in [6, 6.07) is 13.5. The molecule has 1 aromatic heterocycles. The average Bonchev–Trinajstić information content (AvgIpc) is 3.10. The number of rotatable bonds is 1. The lowest BCUT2D eigenvalue weighted by Gasteiger charge is -2.19. The van der Waals surface area contributed by atoms with E-state index in [0.29, 0.717) is 11.3 Å². The highest BCUT2D eigenvalue weighted by Gasteiger charge is 2.48. The maximum absolute atomic E-state index is 12.7. The van der Waals surface area contributed by atoms with Gasteiger partial charge in [-0.1, -0.05) is 31.0 Å². The van der Waals surface area contributed by atoms with Crippen LogP contribution in [-0.2, 0) is 9.59 Å². The van der Waals surface area contributed by atoms with Crippen LogP contribution in [0.4, 0.5) is 5.69 Å². The second kappa shape index (κ2) is 4.94. The summed E-state index contributed by atoms with van der Waals surface area (Å²) in [6.07, 6.45) is 3.74. The fourth-order valence-electron chi connectivity index (χ4n) is 4.27. The van der Waals surface area contributed by atoms with Crippen LogP contribution in [0.15, 0.2) is 46.9 Å². The lowest BCUT2D eigenvalue weighted by atomic mass is 9.81. The molecule has 2 amide bonds. The summed E-state index contributed by atoms with van der Waals surface area (Å²) in [4.78, 5) is 26.8. The molecule has 2 heterocycles. The highest BCUT2D eigenvalue weighted by atomic mass is 16.3. The van der Waals surface area contributed by atoms with Crippen LogP contribution in [0.3, 0.4) is 0 Å². The van der Waals surface area contributed by atoms with Crippen LogP contribution in [0.25, 0.3) is 21.9 Å². The second-order valence-electron chi connectivity index (χ2n) is 6.79. The van der Waals surface area contributed by atoms with Gasteiger partial charge in [-0.25, -0.2) is 4.90 Å². The molecule has 0 unspecified atom stereocenters. The van der Waals surface area contributed by atoms with Gasteiger partial charge >= 0.3 is 0 Å². The molecular formula is C20H17NO3. The van der Waals surface area contributed by atoms with Crippen LogP contribution >= 0.6 is 0 Å². The molecule has 3 aromatic rings. The Labute approximate surface area is 139 Å². The van der Waals surface area contributed by atoms with E-state index in [4.69, 9.17) is 4.42 Å². The third-order valence-electron chi connectivity index (χ3n) is 5.46. The number of furan rings is 1. The van der Waals surface area contributed by atoms with Crippen molar-refractivity contribution in [2.45, 2.75) is 25.7 Å². The van der Waals surface area contributed by atoms with Gasteiger partial charge < -0.3 is 4.42 Å². The molecule has 0 spiro atoms. The molecule has 120 valence electrons. The Morgan fingerprint density at radius 1 is 0.833 bits per heavy atom. The van der Waals surface area contributed by atoms with Gasteiger partial charge in [0.05, 0.1) is 17.5 Å². The first-order valence-corrected chi connectivity index (χ1v) is 8.53. The number of benzene rings is 2. The molecule has 0 radical (unpaired) electrons. The summed E-state index contributed by atoms with van der Waals surface area (Å²) in [6.45, 7) is 0. The summed E-state index contributed by atoms with van der Waals surface area (Å²) in [5, 5.41) is 2.05. The number of fused-ring (bicyclic) bond motifs is 4. The monoisotopic (exact) mass is 319 g/mol. The van der Waals surface area contributed by atoms with Gasteiger partial charge in [-0.2, -0.15) is 0 Å². The van der Waals surface area contributed by atoms with Crippen molar-refractivity contribution >= 4 is 39.4 Å². The van der Waals surface area contributed by atoms with E-state index in [1.165, 1.54) is 4.90 Å². The molecule has 2 aromatic carbocycles. The van der Waals surface area contributed by atoms with Crippen LogP contribution in [0.2, 0.25) is 0 Å². The summed E-state index contributed by atoms with van der Waals surface area (Å²) in [7, 11) is 0. The fourth-order valence-corrected chi connectivity index (χ4v) is 4.27. The highest BCUT2D eigenvalue weighted by molar-refractivity contribution is 6.22. The number of nitrogens with zero attached hydrogens (tertiary/aromatic N) is 1. The maximum Gasteiger partial charge on any atom is 0.237 e. The van der Waals surface area contributed by atoms with Gasteiger partial charge in [0.1, 0.15) is 11.2 Å². The topological polar surface area (TPSA) is 50.5 Å². The maximum atomic E-state index is 12.7.